The Labute approximate surface area is 157 Å². The summed E-state index contributed by atoms with van der Waals surface area (Å²) in [4.78, 5) is 16.4. The minimum atomic E-state index is -0.229. The lowest BCUT2D eigenvalue weighted by Crippen LogP contribution is -2.50. The second kappa shape index (κ2) is 9.58. The zero-order valence-electron chi connectivity index (χ0n) is 14.7. The van der Waals surface area contributed by atoms with Crippen molar-refractivity contribution in [3.8, 4) is 5.75 Å². The molecule has 1 aliphatic rings. The summed E-state index contributed by atoms with van der Waals surface area (Å²) in [6.07, 6.45) is 2.58. The third kappa shape index (κ3) is 5.57. The number of rotatable bonds is 7. The molecule has 2 N–H and O–H groups in total. The van der Waals surface area contributed by atoms with Crippen LogP contribution in [0.4, 0.5) is 0 Å². The predicted octanol–water partition coefficient (Wildman–Crippen LogP) is 1.86. The molecule has 0 unspecified atom stereocenters. The second-order valence-corrected chi connectivity index (χ2v) is 6.74. The van der Waals surface area contributed by atoms with Gasteiger partial charge in [-0.25, -0.2) is 0 Å². The maximum atomic E-state index is 12.3. The van der Waals surface area contributed by atoms with Crippen LogP contribution in [0.2, 0.25) is 0 Å². The minimum absolute atomic E-state index is 0.0129. The Bertz CT molecular complexity index is 622. The number of carbonyl (C=O) groups excluding carboxylic acids is 1. The summed E-state index contributed by atoms with van der Waals surface area (Å²) in [7, 11) is 3.41. The van der Waals surface area contributed by atoms with E-state index in [0.29, 0.717) is 17.6 Å². The van der Waals surface area contributed by atoms with Crippen molar-refractivity contribution in [1.82, 2.24) is 15.1 Å². The van der Waals surface area contributed by atoms with Gasteiger partial charge in [0, 0.05) is 46.0 Å². The molecule has 1 heterocycles. The highest BCUT2D eigenvalue weighted by atomic mass is 79.9. The number of halogens is 1. The second-order valence-electron chi connectivity index (χ2n) is 5.89. The summed E-state index contributed by atoms with van der Waals surface area (Å²) in [5.74, 6) is 0.644. The number of hydrogen-bond donors (Lipinski definition) is 2. The van der Waals surface area contributed by atoms with Crippen LogP contribution >= 0.6 is 15.9 Å². The van der Waals surface area contributed by atoms with Gasteiger partial charge in [-0.2, -0.15) is 0 Å². The number of piperazine rings is 1. The minimum Gasteiger partial charge on any atom is -0.497 e. The van der Waals surface area contributed by atoms with Crippen molar-refractivity contribution in [2.45, 2.75) is 6.42 Å². The Morgan fingerprint density at radius 2 is 1.92 bits per heavy atom. The van der Waals surface area contributed by atoms with Gasteiger partial charge in [0.25, 0.3) is 5.91 Å². The quantitative estimate of drug-likeness (QED) is 0.675. The molecule has 0 radical (unpaired) electrons. The first-order valence-electron chi connectivity index (χ1n) is 8.31. The Hall–Kier alpha value is -1.86. The van der Waals surface area contributed by atoms with Crippen LogP contribution in [0.5, 0.6) is 5.75 Å². The van der Waals surface area contributed by atoms with Crippen LogP contribution in [0.25, 0.3) is 0 Å². The molecule has 0 atom stereocenters. The molecule has 1 saturated heterocycles. The van der Waals surface area contributed by atoms with Crippen molar-refractivity contribution < 1.29 is 9.53 Å². The molecule has 0 bridgehead atoms. The monoisotopic (exact) mass is 408 g/mol. The topological polar surface area (TPSA) is 68.7 Å². The molecule has 6 nitrogen and oxygen atoms in total. The van der Waals surface area contributed by atoms with Gasteiger partial charge in [0.15, 0.2) is 0 Å². The average molecular weight is 409 g/mol. The average Bonchev–Trinajstić information content (AvgIpc) is 2.66. The van der Waals surface area contributed by atoms with Crippen molar-refractivity contribution in [2.24, 2.45) is 0 Å². The maximum Gasteiger partial charge on any atom is 0.273 e. The lowest BCUT2D eigenvalue weighted by atomic mass is 10.1. The van der Waals surface area contributed by atoms with Crippen LogP contribution in [-0.2, 0) is 11.2 Å². The molecule has 25 heavy (non-hydrogen) atoms. The molecular formula is C18H25BrN4O2. The maximum absolute atomic E-state index is 12.3. The number of nitrogens with zero attached hydrogens (tertiary/aromatic N) is 2. The van der Waals surface area contributed by atoms with Crippen LogP contribution in [-0.4, -0.2) is 68.3 Å². The Morgan fingerprint density at radius 1 is 1.28 bits per heavy atom. The normalized spacial score (nSPS) is 15.8. The van der Waals surface area contributed by atoms with Crippen LogP contribution in [0, 0.1) is 5.41 Å². The van der Waals surface area contributed by atoms with E-state index in [1.54, 1.807) is 25.3 Å². The SMILES string of the molecule is CN/C=C(/Br)C(=N)C(=O)N1CCN(CCc2ccc(OC)cc2)CC1. The fourth-order valence-corrected chi connectivity index (χ4v) is 3.11. The van der Waals surface area contributed by atoms with E-state index >= 15 is 0 Å². The molecule has 2 rings (SSSR count). The molecular weight excluding hydrogens is 384 g/mol. The summed E-state index contributed by atoms with van der Waals surface area (Å²) in [6.45, 7) is 3.95. The van der Waals surface area contributed by atoms with E-state index in [2.05, 4.69) is 38.3 Å². The summed E-state index contributed by atoms with van der Waals surface area (Å²) in [5, 5.41) is 10.8. The van der Waals surface area contributed by atoms with Gasteiger partial charge in [0.05, 0.1) is 11.6 Å². The zero-order chi connectivity index (χ0) is 18.2. The van der Waals surface area contributed by atoms with Gasteiger partial charge in [0.1, 0.15) is 11.5 Å². The summed E-state index contributed by atoms with van der Waals surface area (Å²) in [6, 6.07) is 8.14. The first-order valence-corrected chi connectivity index (χ1v) is 9.11. The van der Waals surface area contributed by atoms with E-state index in [-0.39, 0.29) is 11.6 Å². The van der Waals surface area contributed by atoms with Gasteiger partial charge in [-0.05, 0) is 40.0 Å². The first-order chi connectivity index (χ1) is 12.0. The van der Waals surface area contributed by atoms with E-state index in [1.807, 2.05) is 12.1 Å². The number of methoxy groups -OCH3 is 1. The molecule has 0 aliphatic carbocycles. The van der Waals surface area contributed by atoms with Gasteiger partial charge < -0.3 is 15.0 Å². The highest BCUT2D eigenvalue weighted by Crippen LogP contribution is 2.13. The largest absolute Gasteiger partial charge is 0.497 e. The van der Waals surface area contributed by atoms with Crippen LogP contribution in [0.1, 0.15) is 5.56 Å². The Kier molecular flexibility index (Phi) is 7.46. The number of benzene rings is 1. The van der Waals surface area contributed by atoms with Crippen molar-refractivity contribution in [3.63, 3.8) is 0 Å². The molecule has 0 aromatic heterocycles. The fourth-order valence-electron chi connectivity index (χ4n) is 2.71. The Morgan fingerprint density at radius 3 is 2.48 bits per heavy atom. The lowest BCUT2D eigenvalue weighted by molar-refractivity contribution is -0.125. The summed E-state index contributed by atoms with van der Waals surface area (Å²) < 4.78 is 5.65. The molecule has 1 aromatic carbocycles. The van der Waals surface area contributed by atoms with Gasteiger partial charge >= 0.3 is 0 Å². The first kappa shape index (κ1) is 19.5. The van der Waals surface area contributed by atoms with Crippen molar-refractivity contribution in [1.29, 1.82) is 5.41 Å². The predicted molar refractivity (Wildman–Crippen MR) is 104 cm³/mol. The van der Waals surface area contributed by atoms with Crippen molar-refractivity contribution in [2.75, 3.05) is 46.9 Å². The smallest absolute Gasteiger partial charge is 0.273 e. The summed E-state index contributed by atoms with van der Waals surface area (Å²) in [5.41, 5.74) is 1.27. The van der Waals surface area contributed by atoms with E-state index in [1.165, 1.54) is 5.56 Å². The van der Waals surface area contributed by atoms with Crippen LogP contribution in [0.15, 0.2) is 34.9 Å². The van der Waals surface area contributed by atoms with Crippen LogP contribution < -0.4 is 10.1 Å². The lowest BCUT2D eigenvalue weighted by Gasteiger charge is -2.34. The third-order valence-corrected chi connectivity index (χ3v) is 4.88. The van der Waals surface area contributed by atoms with E-state index < -0.39 is 0 Å². The van der Waals surface area contributed by atoms with E-state index in [0.717, 1.165) is 31.8 Å². The number of amides is 1. The van der Waals surface area contributed by atoms with E-state index in [4.69, 9.17) is 10.1 Å². The molecule has 0 spiro atoms. The summed E-state index contributed by atoms with van der Waals surface area (Å²) >= 11 is 3.25. The number of nitrogens with one attached hydrogen (secondary N) is 2. The molecule has 1 amide bonds. The zero-order valence-corrected chi connectivity index (χ0v) is 16.3. The molecule has 7 heteroatoms. The molecule has 1 aromatic rings. The molecule has 0 saturated carbocycles. The standard InChI is InChI=1S/C18H25BrN4O2/c1-21-13-16(19)17(20)18(24)23-11-9-22(10-12-23)8-7-14-3-5-15(25-2)6-4-14/h3-6,13,20-21H,7-12H2,1-2H3/b16-13+,20-17?. The highest BCUT2D eigenvalue weighted by Gasteiger charge is 2.24. The fraction of sp³-hybridized carbons (Fsp3) is 0.444. The van der Waals surface area contributed by atoms with Gasteiger partial charge in [-0.3, -0.25) is 15.1 Å². The van der Waals surface area contributed by atoms with Crippen molar-refractivity contribution in [3.05, 3.63) is 40.5 Å². The van der Waals surface area contributed by atoms with Gasteiger partial charge in [-0.15, -0.1) is 0 Å². The molecule has 1 fully saturated rings. The Balaban J connectivity index is 1.78. The molecule has 1 aliphatic heterocycles. The third-order valence-electron chi connectivity index (χ3n) is 4.26. The van der Waals surface area contributed by atoms with Gasteiger partial charge in [0.2, 0.25) is 0 Å². The van der Waals surface area contributed by atoms with Crippen LogP contribution in [0.3, 0.4) is 0 Å². The number of ether oxygens (including phenoxy) is 1. The highest BCUT2D eigenvalue weighted by molar-refractivity contribution is 9.12. The van der Waals surface area contributed by atoms with E-state index in [9.17, 15) is 4.79 Å². The number of carbonyl (C=O) groups is 1. The molecule has 136 valence electrons. The van der Waals surface area contributed by atoms with Crippen molar-refractivity contribution >= 4 is 27.5 Å². The van der Waals surface area contributed by atoms with Gasteiger partial charge in [-0.1, -0.05) is 12.1 Å². The number of hydrogen-bond acceptors (Lipinski definition) is 5.